The fourth-order valence-electron chi connectivity index (χ4n) is 4.76. The summed E-state index contributed by atoms with van der Waals surface area (Å²) in [5.41, 5.74) is 2.34. The standard InChI is InChI=1S/C23H34F3N3O2/c1-22(2,3)19-18(29-13-11-28(4)12-14-29)10-9-17(21(30)31)20(19)27-16-7-5-15(6-8-16)23(24,25)26/h9-10,15-16,27H,5-8,11-14H2,1-4H3,(H,30,31)/t15-,16-. The van der Waals surface area contributed by atoms with E-state index in [1.165, 1.54) is 0 Å². The number of benzene rings is 1. The molecule has 8 heteroatoms. The number of nitrogens with one attached hydrogen (secondary N) is 1. The van der Waals surface area contributed by atoms with E-state index in [0.717, 1.165) is 37.4 Å². The first-order valence-electron chi connectivity index (χ1n) is 11.1. The van der Waals surface area contributed by atoms with E-state index in [1.54, 1.807) is 6.07 Å². The molecular weight excluding hydrogens is 407 g/mol. The van der Waals surface area contributed by atoms with Crippen LogP contribution in [0.5, 0.6) is 0 Å². The average molecular weight is 442 g/mol. The van der Waals surface area contributed by atoms with E-state index in [0.29, 0.717) is 18.5 Å². The summed E-state index contributed by atoms with van der Waals surface area (Å²) in [5.74, 6) is -2.29. The number of rotatable bonds is 4. The third kappa shape index (κ3) is 5.45. The molecule has 0 unspecified atom stereocenters. The van der Waals surface area contributed by atoms with Crippen LogP contribution in [-0.4, -0.2) is 61.4 Å². The van der Waals surface area contributed by atoms with Crippen molar-refractivity contribution in [3.63, 3.8) is 0 Å². The monoisotopic (exact) mass is 441 g/mol. The maximum absolute atomic E-state index is 13.1. The fraction of sp³-hybridized carbons (Fsp3) is 0.696. The highest BCUT2D eigenvalue weighted by Gasteiger charge is 2.41. The van der Waals surface area contributed by atoms with Crippen molar-refractivity contribution in [2.75, 3.05) is 43.4 Å². The number of hydrogen-bond acceptors (Lipinski definition) is 4. The summed E-state index contributed by atoms with van der Waals surface area (Å²) in [4.78, 5) is 16.6. The van der Waals surface area contributed by atoms with Crippen molar-refractivity contribution in [1.29, 1.82) is 0 Å². The predicted molar refractivity (Wildman–Crippen MR) is 117 cm³/mol. The number of anilines is 2. The third-order valence-corrected chi connectivity index (χ3v) is 6.55. The second-order valence-electron chi connectivity index (χ2n) is 9.96. The van der Waals surface area contributed by atoms with Gasteiger partial charge in [-0.1, -0.05) is 20.8 Å². The van der Waals surface area contributed by atoms with Gasteiger partial charge < -0.3 is 20.2 Å². The molecule has 5 nitrogen and oxygen atoms in total. The van der Waals surface area contributed by atoms with E-state index in [9.17, 15) is 23.1 Å². The second-order valence-corrected chi connectivity index (χ2v) is 9.96. The van der Waals surface area contributed by atoms with Crippen molar-refractivity contribution < 1.29 is 23.1 Å². The molecular formula is C23H34F3N3O2. The average Bonchev–Trinajstić information content (AvgIpc) is 2.67. The van der Waals surface area contributed by atoms with E-state index < -0.39 is 18.1 Å². The zero-order valence-corrected chi connectivity index (χ0v) is 18.9. The molecule has 2 N–H and O–H groups in total. The predicted octanol–water partition coefficient (Wildman–Crippen LogP) is 4.97. The van der Waals surface area contributed by atoms with Gasteiger partial charge in [-0.2, -0.15) is 13.2 Å². The summed E-state index contributed by atoms with van der Waals surface area (Å²) in [6.07, 6.45) is -3.24. The SMILES string of the molecule is CN1CCN(c2ccc(C(=O)O)c(N[C@H]3CC[C@H](C(F)(F)F)CC3)c2C(C)(C)C)CC1. The van der Waals surface area contributed by atoms with Gasteiger partial charge >= 0.3 is 12.1 Å². The Labute approximate surface area is 182 Å². The van der Waals surface area contributed by atoms with E-state index in [2.05, 4.69) is 42.9 Å². The van der Waals surface area contributed by atoms with Crippen LogP contribution in [0.1, 0.15) is 62.4 Å². The molecule has 0 aromatic heterocycles. The van der Waals surface area contributed by atoms with Crippen molar-refractivity contribution >= 4 is 17.3 Å². The van der Waals surface area contributed by atoms with Crippen LogP contribution in [0.15, 0.2) is 12.1 Å². The smallest absolute Gasteiger partial charge is 0.391 e. The number of carboxylic acids is 1. The van der Waals surface area contributed by atoms with Crippen LogP contribution in [0.2, 0.25) is 0 Å². The molecule has 31 heavy (non-hydrogen) atoms. The fourth-order valence-corrected chi connectivity index (χ4v) is 4.76. The quantitative estimate of drug-likeness (QED) is 0.691. The second kappa shape index (κ2) is 8.88. The van der Waals surface area contributed by atoms with Gasteiger partial charge in [-0.3, -0.25) is 0 Å². The topological polar surface area (TPSA) is 55.8 Å². The minimum absolute atomic E-state index is 0.0760. The molecule has 1 aromatic rings. The van der Waals surface area contributed by atoms with Crippen LogP contribution in [0.4, 0.5) is 24.5 Å². The molecule has 0 atom stereocenters. The maximum Gasteiger partial charge on any atom is 0.391 e. The Morgan fingerprint density at radius 1 is 1.03 bits per heavy atom. The van der Waals surface area contributed by atoms with E-state index in [-0.39, 0.29) is 29.9 Å². The molecule has 174 valence electrons. The minimum atomic E-state index is -4.16. The maximum atomic E-state index is 13.1. The molecule has 2 aliphatic rings. The Kier molecular flexibility index (Phi) is 6.79. The van der Waals surface area contributed by atoms with Gasteiger partial charge in [0.05, 0.1) is 17.2 Å². The summed E-state index contributed by atoms with van der Waals surface area (Å²) in [5, 5.41) is 13.2. The Hall–Kier alpha value is -1.96. The number of likely N-dealkylation sites (N-methyl/N-ethyl adjacent to an activating group) is 1. The first-order chi connectivity index (χ1) is 14.4. The first kappa shape index (κ1) is 23.7. The highest BCUT2D eigenvalue weighted by Crippen LogP contribution is 2.43. The van der Waals surface area contributed by atoms with Gasteiger partial charge in [-0.25, -0.2) is 4.79 Å². The lowest BCUT2D eigenvalue weighted by atomic mass is 9.81. The number of aromatic carboxylic acids is 1. The van der Waals surface area contributed by atoms with Gasteiger partial charge in [0.1, 0.15) is 0 Å². The van der Waals surface area contributed by atoms with Gasteiger partial charge in [0.25, 0.3) is 0 Å². The van der Waals surface area contributed by atoms with Crippen molar-refractivity contribution in [2.24, 2.45) is 5.92 Å². The molecule has 3 rings (SSSR count). The number of alkyl halides is 3. The van der Waals surface area contributed by atoms with Crippen LogP contribution in [0.3, 0.4) is 0 Å². The van der Waals surface area contributed by atoms with Gasteiger partial charge in [0.15, 0.2) is 0 Å². The molecule has 1 saturated carbocycles. The molecule has 0 bridgehead atoms. The highest BCUT2D eigenvalue weighted by molar-refractivity contribution is 5.97. The molecule has 1 aromatic carbocycles. The Morgan fingerprint density at radius 2 is 1.61 bits per heavy atom. The lowest BCUT2D eigenvalue weighted by molar-refractivity contribution is -0.182. The largest absolute Gasteiger partial charge is 0.478 e. The molecule has 0 radical (unpaired) electrons. The number of carboxylic acid groups (broad SMARTS) is 1. The number of piperazine rings is 1. The van der Waals surface area contributed by atoms with Crippen molar-refractivity contribution in [2.45, 2.75) is 64.1 Å². The number of carbonyl (C=O) groups is 1. The summed E-state index contributed by atoms with van der Waals surface area (Å²) in [6.45, 7) is 9.71. The van der Waals surface area contributed by atoms with Gasteiger partial charge in [-0.15, -0.1) is 0 Å². The minimum Gasteiger partial charge on any atom is -0.478 e. The van der Waals surface area contributed by atoms with Crippen molar-refractivity contribution in [3.8, 4) is 0 Å². The van der Waals surface area contributed by atoms with Gasteiger partial charge in [-0.05, 0) is 50.3 Å². The van der Waals surface area contributed by atoms with Gasteiger partial charge in [0.2, 0.25) is 0 Å². The lowest BCUT2D eigenvalue weighted by Crippen LogP contribution is -2.45. The lowest BCUT2D eigenvalue weighted by Gasteiger charge is -2.39. The molecule has 0 spiro atoms. The Balaban J connectivity index is 1.95. The van der Waals surface area contributed by atoms with E-state index in [4.69, 9.17) is 0 Å². The molecule has 1 aliphatic heterocycles. The summed E-state index contributed by atoms with van der Waals surface area (Å²) in [7, 11) is 2.08. The zero-order chi connectivity index (χ0) is 23.0. The summed E-state index contributed by atoms with van der Waals surface area (Å²) < 4.78 is 39.2. The normalized spacial score (nSPS) is 23.6. The summed E-state index contributed by atoms with van der Waals surface area (Å²) in [6, 6.07) is 3.36. The van der Waals surface area contributed by atoms with Gasteiger partial charge in [0, 0.05) is 43.5 Å². The van der Waals surface area contributed by atoms with E-state index >= 15 is 0 Å². The number of nitrogens with zero attached hydrogens (tertiary/aromatic N) is 2. The molecule has 2 fully saturated rings. The van der Waals surface area contributed by atoms with Crippen LogP contribution in [0.25, 0.3) is 0 Å². The van der Waals surface area contributed by atoms with Crippen molar-refractivity contribution in [1.82, 2.24) is 4.90 Å². The van der Waals surface area contributed by atoms with Crippen LogP contribution in [0, 0.1) is 5.92 Å². The molecule has 1 aliphatic carbocycles. The first-order valence-corrected chi connectivity index (χ1v) is 11.1. The van der Waals surface area contributed by atoms with Crippen LogP contribution < -0.4 is 10.2 Å². The number of halogens is 3. The molecule has 0 amide bonds. The number of hydrogen-bond donors (Lipinski definition) is 2. The molecule has 1 heterocycles. The zero-order valence-electron chi connectivity index (χ0n) is 18.9. The van der Waals surface area contributed by atoms with Crippen molar-refractivity contribution in [3.05, 3.63) is 23.3 Å². The third-order valence-electron chi connectivity index (χ3n) is 6.55. The van der Waals surface area contributed by atoms with Crippen LogP contribution >= 0.6 is 0 Å². The Bertz CT molecular complexity index is 788. The highest BCUT2D eigenvalue weighted by atomic mass is 19.4. The van der Waals surface area contributed by atoms with Crippen LogP contribution in [-0.2, 0) is 5.41 Å². The molecule has 1 saturated heterocycles. The summed E-state index contributed by atoms with van der Waals surface area (Å²) >= 11 is 0. The Morgan fingerprint density at radius 3 is 2.10 bits per heavy atom. The van der Waals surface area contributed by atoms with E-state index in [1.807, 2.05) is 6.07 Å².